The number of hydrogen-bond acceptors (Lipinski definition) is 7. The Morgan fingerprint density at radius 2 is 2.00 bits per heavy atom. The fraction of sp³-hybridized carbons (Fsp3) is 0.364. The zero-order valence-electron chi connectivity index (χ0n) is 11.3. The van der Waals surface area contributed by atoms with Gasteiger partial charge in [0.05, 0.1) is 11.4 Å². The fourth-order valence-corrected chi connectivity index (χ4v) is 3.61. The number of rotatable bonds is 5. The summed E-state index contributed by atoms with van der Waals surface area (Å²) in [6.07, 6.45) is 0. The molecule has 2 rings (SSSR count). The largest absolute Gasteiger partial charge is 0.316 e. The van der Waals surface area contributed by atoms with Gasteiger partial charge in [0.25, 0.3) is 16.0 Å². The molecule has 0 aliphatic rings. The molecule has 2 aromatic heterocycles. The van der Waals surface area contributed by atoms with Crippen LogP contribution in [0.2, 0.25) is 0 Å². The maximum atomic E-state index is 12.2. The van der Waals surface area contributed by atoms with Gasteiger partial charge >= 0.3 is 0 Å². The molecular formula is C11H15N5O2S2. The summed E-state index contributed by atoms with van der Waals surface area (Å²) < 4.78 is 26.9. The van der Waals surface area contributed by atoms with Gasteiger partial charge in [-0.1, -0.05) is 0 Å². The van der Waals surface area contributed by atoms with Crippen LogP contribution in [-0.2, 0) is 16.6 Å². The molecule has 0 radical (unpaired) electrons. The summed E-state index contributed by atoms with van der Waals surface area (Å²) >= 11 is 1.16. The molecule has 2 N–H and O–H groups in total. The maximum Gasteiger partial charge on any atom is 0.273 e. The minimum absolute atomic E-state index is 0.0170. The van der Waals surface area contributed by atoms with Crippen molar-refractivity contribution in [1.29, 1.82) is 0 Å². The topological polar surface area (TPSA) is 96.9 Å². The molecule has 0 amide bonds. The van der Waals surface area contributed by atoms with Gasteiger partial charge < -0.3 is 5.32 Å². The summed E-state index contributed by atoms with van der Waals surface area (Å²) in [5.41, 5.74) is 2.22. The Morgan fingerprint density at radius 1 is 1.25 bits per heavy atom. The summed E-state index contributed by atoms with van der Waals surface area (Å²) in [6, 6.07) is 1.62. The predicted octanol–water partition coefficient (Wildman–Crippen LogP) is 1.07. The van der Waals surface area contributed by atoms with Gasteiger partial charge in [0, 0.05) is 6.54 Å². The summed E-state index contributed by atoms with van der Waals surface area (Å²) in [4.78, 5) is 4.05. The van der Waals surface area contributed by atoms with Gasteiger partial charge in [-0.05, 0) is 37.9 Å². The molecule has 0 saturated carbocycles. The molecule has 2 heterocycles. The van der Waals surface area contributed by atoms with Crippen LogP contribution in [0.5, 0.6) is 0 Å². The molecule has 0 atom stereocenters. The highest BCUT2D eigenvalue weighted by Gasteiger charge is 2.18. The third-order valence-corrected chi connectivity index (χ3v) is 5.41. The molecule has 2 aromatic rings. The Morgan fingerprint density at radius 3 is 2.65 bits per heavy atom. The molecule has 20 heavy (non-hydrogen) atoms. The van der Waals surface area contributed by atoms with Crippen LogP contribution in [0.4, 0.5) is 5.95 Å². The zero-order valence-corrected chi connectivity index (χ0v) is 13.0. The van der Waals surface area contributed by atoms with Crippen molar-refractivity contribution in [1.82, 2.24) is 20.5 Å². The highest BCUT2D eigenvalue weighted by atomic mass is 32.2. The SMILES string of the molecule is CNCc1csc(S(=O)(=O)Nc2nnc(C)c(C)n2)c1. The smallest absolute Gasteiger partial charge is 0.273 e. The standard InChI is InChI=1S/C11H15N5O2S2/c1-7-8(2)14-15-11(13-7)16-20(17,18)10-4-9(5-12-3)6-19-10/h4,6,12H,5H2,1-3H3,(H,13,15,16). The van der Waals surface area contributed by atoms with E-state index in [-0.39, 0.29) is 10.2 Å². The molecule has 0 fully saturated rings. The van der Waals surface area contributed by atoms with Gasteiger partial charge in [-0.15, -0.1) is 16.4 Å². The third kappa shape index (κ3) is 3.30. The molecule has 9 heteroatoms. The lowest BCUT2D eigenvalue weighted by molar-refractivity contribution is 0.602. The van der Waals surface area contributed by atoms with E-state index in [0.29, 0.717) is 17.9 Å². The minimum Gasteiger partial charge on any atom is -0.316 e. The number of aromatic nitrogens is 3. The van der Waals surface area contributed by atoms with Crippen LogP contribution in [0.15, 0.2) is 15.7 Å². The molecule has 0 unspecified atom stereocenters. The average molecular weight is 313 g/mol. The lowest BCUT2D eigenvalue weighted by Crippen LogP contribution is -2.15. The van der Waals surface area contributed by atoms with E-state index in [1.807, 2.05) is 0 Å². The Kier molecular flexibility index (Phi) is 4.31. The van der Waals surface area contributed by atoms with E-state index in [1.165, 1.54) is 0 Å². The minimum atomic E-state index is -3.66. The van der Waals surface area contributed by atoms with E-state index in [1.54, 1.807) is 32.3 Å². The Hall–Kier alpha value is -1.58. The second kappa shape index (κ2) is 5.81. The first kappa shape index (κ1) is 14.8. The van der Waals surface area contributed by atoms with Gasteiger partial charge in [0.2, 0.25) is 0 Å². The number of sulfonamides is 1. The molecule has 0 aliphatic heterocycles. The van der Waals surface area contributed by atoms with Crippen LogP contribution in [0, 0.1) is 13.8 Å². The van der Waals surface area contributed by atoms with Crippen molar-refractivity contribution in [3.05, 3.63) is 28.4 Å². The molecule has 108 valence electrons. The van der Waals surface area contributed by atoms with E-state index in [2.05, 4.69) is 25.2 Å². The van der Waals surface area contributed by atoms with E-state index < -0.39 is 10.0 Å². The number of nitrogens with zero attached hydrogens (tertiary/aromatic N) is 3. The van der Waals surface area contributed by atoms with Gasteiger partial charge in [0.15, 0.2) is 0 Å². The summed E-state index contributed by atoms with van der Waals surface area (Å²) in [5, 5.41) is 12.3. The van der Waals surface area contributed by atoms with E-state index in [0.717, 1.165) is 16.9 Å². The van der Waals surface area contributed by atoms with E-state index in [4.69, 9.17) is 0 Å². The molecular weight excluding hydrogens is 298 g/mol. The zero-order chi connectivity index (χ0) is 14.8. The molecule has 0 aliphatic carbocycles. The van der Waals surface area contributed by atoms with Crippen molar-refractivity contribution in [2.75, 3.05) is 11.8 Å². The Labute approximate surface area is 121 Å². The van der Waals surface area contributed by atoms with E-state index in [9.17, 15) is 8.42 Å². The van der Waals surface area contributed by atoms with Crippen LogP contribution < -0.4 is 10.0 Å². The molecule has 0 aromatic carbocycles. The van der Waals surface area contributed by atoms with Crippen molar-refractivity contribution in [3.63, 3.8) is 0 Å². The third-order valence-electron chi connectivity index (χ3n) is 2.59. The lowest BCUT2D eigenvalue weighted by atomic mass is 10.3. The quantitative estimate of drug-likeness (QED) is 0.857. The van der Waals surface area contributed by atoms with Crippen LogP contribution in [0.25, 0.3) is 0 Å². The summed E-state index contributed by atoms with van der Waals surface area (Å²) in [6.45, 7) is 4.13. The monoisotopic (exact) mass is 313 g/mol. The molecule has 0 saturated heterocycles. The second-order valence-electron chi connectivity index (χ2n) is 4.22. The van der Waals surface area contributed by atoms with Gasteiger partial charge in [-0.2, -0.15) is 5.10 Å². The molecule has 7 nitrogen and oxygen atoms in total. The van der Waals surface area contributed by atoms with Gasteiger partial charge in [-0.3, -0.25) is 0 Å². The highest BCUT2D eigenvalue weighted by Crippen LogP contribution is 2.22. The second-order valence-corrected chi connectivity index (χ2v) is 7.04. The fourth-order valence-electron chi connectivity index (χ4n) is 1.46. The highest BCUT2D eigenvalue weighted by molar-refractivity contribution is 7.94. The lowest BCUT2D eigenvalue weighted by Gasteiger charge is -2.05. The summed E-state index contributed by atoms with van der Waals surface area (Å²) in [7, 11) is -1.86. The first-order valence-corrected chi connectivity index (χ1v) is 8.21. The van der Waals surface area contributed by atoms with Crippen molar-refractivity contribution in [2.45, 2.75) is 24.6 Å². The van der Waals surface area contributed by atoms with Crippen molar-refractivity contribution in [2.24, 2.45) is 0 Å². The van der Waals surface area contributed by atoms with Gasteiger partial charge in [0.1, 0.15) is 4.21 Å². The first-order valence-electron chi connectivity index (χ1n) is 5.85. The van der Waals surface area contributed by atoms with E-state index >= 15 is 0 Å². The molecule has 0 bridgehead atoms. The number of anilines is 1. The first-order chi connectivity index (χ1) is 9.42. The van der Waals surface area contributed by atoms with Crippen molar-refractivity contribution < 1.29 is 8.42 Å². The maximum absolute atomic E-state index is 12.2. The summed E-state index contributed by atoms with van der Waals surface area (Å²) in [5.74, 6) is -0.0170. The van der Waals surface area contributed by atoms with Gasteiger partial charge in [-0.25, -0.2) is 18.1 Å². The van der Waals surface area contributed by atoms with Crippen LogP contribution in [-0.4, -0.2) is 30.6 Å². The Balaban J connectivity index is 2.23. The van der Waals surface area contributed by atoms with Crippen LogP contribution in [0.1, 0.15) is 17.0 Å². The molecule has 0 spiro atoms. The van der Waals surface area contributed by atoms with Crippen molar-refractivity contribution >= 4 is 27.3 Å². The number of hydrogen-bond donors (Lipinski definition) is 2. The number of aryl methyl sites for hydroxylation is 2. The predicted molar refractivity (Wildman–Crippen MR) is 77.2 cm³/mol. The average Bonchev–Trinajstić information content (AvgIpc) is 2.83. The Bertz CT molecular complexity index is 711. The van der Waals surface area contributed by atoms with Crippen LogP contribution in [0.3, 0.4) is 0 Å². The number of nitrogens with one attached hydrogen (secondary N) is 2. The normalized spacial score (nSPS) is 11.6. The number of thiophene rings is 1. The van der Waals surface area contributed by atoms with Crippen LogP contribution >= 0.6 is 11.3 Å². The van der Waals surface area contributed by atoms with Crippen molar-refractivity contribution in [3.8, 4) is 0 Å².